The summed E-state index contributed by atoms with van der Waals surface area (Å²) in [5.41, 5.74) is 3.28. The lowest BCUT2D eigenvalue weighted by Crippen LogP contribution is -2.51. The molecule has 0 bridgehead atoms. The fourth-order valence-electron chi connectivity index (χ4n) is 3.67. The molecule has 0 aliphatic heterocycles. The summed E-state index contributed by atoms with van der Waals surface area (Å²) in [5, 5.41) is 3.04. The van der Waals surface area contributed by atoms with Crippen molar-refractivity contribution in [3.63, 3.8) is 0 Å². The van der Waals surface area contributed by atoms with Gasteiger partial charge >= 0.3 is 0 Å². The van der Waals surface area contributed by atoms with Gasteiger partial charge in [-0.25, -0.2) is 0 Å². The van der Waals surface area contributed by atoms with Gasteiger partial charge in [-0.05, 0) is 71.3 Å². The molecule has 1 N–H and O–H groups in total. The van der Waals surface area contributed by atoms with E-state index in [0.29, 0.717) is 18.7 Å². The second kappa shape index (κ2) is 12.4. The Morgan fingerprint density at radius 1 is 1.09 bits per heavy atom. The normalized spacial score (nSPS) is 13.2. The van der Waals surface area contributed by atoms with Crippen LogP contribution in [0.1, 0.15) is 71.1 Å². The Morgan fingerprint density at radius 2 is 1.79 bits per heavy atom. The van der Waals surface area contributed by atoms with E-state index in [2.05, 4.69) is 42.0 Å². The molecule has 186 valence electrons. The lowest BCUT2D eigenvalue weighted by molar-refractivity contribution is -0.143. The Labute approximate surface area is 213 Å². The van der Waals surface area contributed by atoms with Crippen molar-refractivity contribution in [3.05, 3.63) is 63.6 Å². The molecular weight excluding hydrogens is 492 g/mol. The third kappa shape index (κ3) is 7.86. The van der Waals surface area contributed by atoms with Crippen LogP contribution in [0, 0.1) is 6.92 Å². The Bertz CT molecular complexity index is 984. The molecule has 0 saturated heterocycles. The summed E-state index contributed by atoms with van der Waals surface area (Å²) in [4.78, 5) is 28.1. The smallest absolute Gasteiger partial charge is 0.261 e. The lowest BCUT2D eigenvalue weighted by atomic mass is 9.87. The van der Waals surface area contributed by atoms with Crippen LogP contribution in [0.15, 0.2) is 46.9 Å². The van der Waals surface area contributed by atoms with Crippen LogP contribution < -0.4 is 10.1 Å². The highest BCUT2D eigenvalue weighted by atomic mass is 79.9. The van der Waals surface area contributed by atoms with Gasteiger partial charge in [-0.15, -0.1) is 0 Å². The average molecular weight is 532 g/mol. The minimum Gasteiger partial charge on any atom is -0.483 e. The summed E-state index contributed by atoms with van der Waals surface area (Å²) in [6.45, 7) is 14.6. The van der Waals surface area contributed by atoms with Crippen molar-refractivity contribution in [2.24, 2.45) is 0 Å². The number of benzene rings is 2. The zero-order chi connectivity index (χ0) is 25.5. The molecule has 34 heavy (non-hydrogen) atoms. The number of rotatable bonds is 10. The Hall–Kier alpha value is -2.34. The first-order valence-corrected chi connectivity index (χ1v) is 12.8. The lowest BCUT2D eigenvalue weighted by Gasteiger charge is -2.31. The van der Waals surface area contributed by atoms with Crippen molar-refractivity contribution in [2.45, 2.75) is 85.4 Å². The quantitative estimate of drug-likeness (QED) is 0.400. The summed E-state index contributed by atoms with van der Waals surface area (Å²) >= 11 is 3.58. The topological polar surface area (TPSA) is 58.6 Å². The number of nitrogens with zero attached hydrogens (tertiary/aromatic N) is 1. The molecule has 0 fully saturated rings. The van der Waals surface area contributed by atoms with E-state index in [1.807, 2.05) is 70.2 Å². The predicted molar refractivity (Wildman–Crippen MR) is 142 cm³/mol. The molecule has 0 heterocycles. The summed E-state index contributed by atoms with van der Waals surface area (Å²) < 4.78 is 6.72. The highest BCUT2D eigenvalue weighted by Gasteiger charge is 2.29. The number of hydrogen-bond donors (Lipinski definition) is 1. The number of hydrogen-bond acceptors (Lipinski definition) is 3. The molecule has 0 aliphatic carbocycles. The van der Waals surface area contributed by atoms with Crippen LogP contribution in [0.4, 0.5) is 0 Å². The summed E-state index contributed by atoms with van der Waals surface area (Å²) in [5.74, 6) is 0.252. The summed E-state index contributed by atoms with van der Waals surface area (Å²) in [6, 6.07) is 13.4. The number of ether oxygens (including phenoxy) is 1. The number of amides is 2. The van der Waals surface area contributed by atoms with Gasteiger partial charge in [-0.1, -0.05) is 70.5 Å². The number of nitrogens with one attached hydrogen (secondary N) is 1. The highest BCUT2D eigenvalue weighted by Crippen LogP contribution is 2.31. The van der Waals surface area contributed by atoms with E-state index in [0.717, 1.165) is 22.0 Å². The molecule has 6 heteroatoms. The SMILES string of the molecule is CC[C@H](C(=O)N[C@@H](C)CC)N(Cc1cccc(C)c1)C(=O)COc1ccc(C(C)(C)C)cc1Br. The van der Waals surface area contributed by atoms with Gasteiger partial charge in [-0.2, -0.15) is 0 Å². The van der Waals surface area contributed by atoms with Crippen LogP contribution in [-0.4, -0.2) is 35.4 Å². The molecule has 0 radical (unpaired) electrons. The number of carbonyl (C=O) groups excluding carboxylic acids is 2. The van der Waals surface area contributed by atoms with E-state index in [4.69, 9.17) is 4.74 Å². The molecule has 0 aromatic heterocycles. The molecule has 0 unspecified atom stereocenters. The third-order valence-electron chi connectivity index (χ3n) is 5.97. The van der Waals surface area contributed by atoms with E-state index in [1.165, 1.54) is 5.56 Å². The molecule has 2 atom stereocenters. The number of aryl methyl sites for hydroxylation is 1. The highest BCUT2D eigenvalue weighted by molar-refractivity contribution is 9.10. The molecule has 0 spiro atoms. The molecule has 0 saturated carbocycles. The largest absolute Gasteiger partial charge is 0.483 e. The van der Waals surface area contributed by atoms with Gasteiger partial charge in [0.05, 0.1) is 4.47 Å². The van der Waals surface area contributed by atoms with Crippen LogP contribution in [0.3, 0.4) is 0 Å². The van der Waals surface area contributed by atoms with E-state index in [-0.39, 0.29) is 29.9 Å². The van der Waals surface area contributed by atoms with Crippen LogP contribution in [0.25, 0.3) is 0 Å². The zero-order valence-corrected chi connectivity index (χ0v) is 23.2. The first kappa shape index (κ1) is 27.9. The van der Waals surface area contributed by atoms with Gasteiger partial charge in [0.1, 0.15) is 11.8 Å². The summed E-state index contributed by atoms with van der Waals surface area (Å²) in [7, 11) is 0. The second-order valence-corrected chi connectivity index (χ2v) is 10.8. The van der Waals surface area contributed by atoms with Gasteiger partial charge in [0.2, 0.25) is 5.91 Å². The van der Waals surface area contributed by atoms with Crippen molar-refractivity contribution in [3.8, 4) is 5.75 Å². The fourth-order valence-corrected chi connectivity index (χ4v) is 4.17. The Morgan fingerprint density at radius 3 is 2.35 bits per heavy atom. The fraction of sp³-hybridized carbons (Fsp3) is 0.500. The van der Waals surface area contributed by atoms with Crippen molar-refractivity contribution >= 4 is 27.7 Å². The molecule has 2 aromatic rings. The van der Waals surface area contributed by atoms with E-state index < -0.39 is 6.04 Å². The van der Waals surface area contributed by atoms with Crippen LogP contribution in [0.2, 0.25) is 0 Å². The predicted octanol–water partition coefficient (Wildman–Crippen LogP) is 6.16. The van der Waals surface area contributed by atoms with Crippen LogP contribution in [0.5, 0.6) is 5.75 Å². The monoisotopic (exact) mass is 530 g/mol. The first-order valence-electron chi connectivity index (χ1n) is 12.0. The Balaban J connectivity index is 2.25. The molecule has 2 rings (SSSR count). The van der Waals surface area contributed by atoms with Gasteiger partial charge in [0.15, 0.2) is 6.61 Å². The number of halogens is 1. The van der Waals surface area contributed by atoms with Gasteiger partial charge in [0.25, 0.3) is 5.91 Å². The third-order valence-corrected chi connectivity index (χ3v) is 6.59. The van der Waals surface area contributed by atoms with Crippen LogP contribution >= 0.6 is 15.9 Å². The van der Waals surface area contributed by atoms with Crippen LogP contribution in [-0.2, 0) is 21.5 Å². The molecule has 2 aromatic carbocycles. The maximum atomic E-state index is 13.4. The zero-order valence-electron chi connectivity index (χ0n) is 21.6. The van der Waals surface area contributed by atoms with Gasteiger partial charge in [-0.3, -0.25) is 9.59 Å². The average Bonchev–Trinajstić information content (AvgIpc) is 2.77. The standard InChI is InChI=1S/C28H39BrN2O3/c1-8-20(4)30-27(33)24(9-2)31(17-21-12-10-11-19(3)15-21)26(32)18-34-25-14-13-22(16-23(25)29)28(5,6)7/h10-16,20,24H,8-9,17-18H2,1-7H3,(H,30,33)/t20-,24+/m0/s1. The first-order chi connectivity index (χ1) is 16.0. The second-order valence-electron chi connectivity index (χ2n) is 9.94. The van der Waals surface area contributed by atoms with E-state index >= 15 is 0 Å². The molecule has 5 nitrogen and oxygen atoms in total. The van der Waals surface area contributed by atoms with Crippen molar-refractivity contribution in [1.82, 2.24) is 10.2 Å². The minimum atomic E-state index is -0.572. The van der Waals surface area contributed by atoms with Crippen molar-refractivity contribution < 1.29 is 14.3 Å². The summed E-state index contributed by atoms with van der Waals surface area (Å²) in [6.07, 6.45) is 1.35. The van der Waals surface area contributed by atoms with E-state index in [1.54, 1.807) is 4.90 Å². The maximum absolute atomic E-state index is 13.4. The van der Waals surface area contributed by atoms with Gasteiger partial charge in [0, 0.05) is 12.6 Å². The minimum absolute atomic E-state index is 0.0127. The Kier molecular flexibility index (Phi) is 10.2. The molecular formula is C28H39BrN2O3. The van der Waals surface area contributed by atoms with E-state index in [9.17, 15) is 9.59 Å². The molecule has 0 aliphatic rings. The number of carbonyl (C=O) groups is 2. The maximum Gasteiger partial charge on any atom is 0.261 e. The van der Waals surface area contributed by atoms with Gasteiger partial charge < -0.3 is 15.0 Å². The van der Waals surface area contributed by atoms with Crippen molar-refractivity contribution in [1.29, 1.82) is 0 Å². The molecule has 2 amide bonds. The van der Waals surface area contributed by atoms with Crippen molar-refractivity contribution in [2.75, 3.05) is 6.61 Å².